The van der Waals surface area contributed by atoms with Crippen LogP contribution < -0.4 is 20.5 Å². The third-order valence-electron chi connectivity index (χ3n) is 7.39. The van der Waals surface area contributed by atoms with Gasteiger partial charge in [0.15, 0.2) is 5.69 Å². The zero-order chi connectivity index (χ0) is 30.1. The summed E-state index contributed by atoms with van der Waals surface area (Å²) in [4.78, 5) is 37.6. The number of aryl methyl sites for hydroxylation is 1. The summed E-state index contributed by atoms with van der Waals surface area (Å²) in [6, 6.07) is 8.35. The zero-order valence-corrected chi connectivity index (χ0v) is 25.1. The molecule has 0 saturated carbocycles. The summed E-state index contributed by atoms with van der Waals surface area (Å²) >= 11 is 7.24. The molecule has 4 aromatic rings. The predicted octanol–water partition coefficient (Wildman–Crippen LogP) is 5.45. The molecular formula is C28H31ClF2N8O2S. The number of rotatable bonds is 8. The molecule has 2 unspecified atom stereocenters. The van der Waals surface area contributed by atoms with E-state index < -0.39 is 6.55 Å². The molecule has 42 heavy (non-hydrogen) atoms. The first-order chi connectivity index (χ1) is 20.1. The van der Waals surface area contributed by atoms with Gasteiger partial charge in [-0.25, -0.2) is 14.6 Å². The van der Waals surface area contributed by atoms with Gasteiger partial charge in [0.25, 0.3) is 11.5 Å². The number of hydrogen-bond donors (Lipinski definition) is 2. The van der Waals surface area contributed by atoms with Crippen molar-refractivity contribution >= 4 is 52.0 Å². The molecule has 1 aliphatic rings. The maximum Gasteiger partial charge on any atom is 0.333 e. The number of amides is 1. The number of pyridine rings is 1. The van der Waals surface area contributed by atoms with Crippen LogP contribution in [-0.2, 0) is 7.05 Å². The van der Waals surface area contributed by atoms with Crippen molar-refractivity contribution in [2.75, 3.05) is 29.6 Å². The highest BCUT2D eigenvalue weighted by Gasteiger charge is 2.28. The second-order valence-corrected chi connectivity index (χ2v) is 11.3. The highest BCUT2D eigenvalue weighted by molar-refractivity contribution is 7.97. The van der Waals surface area contributed by atoms with Gasteiger partial charge in [-0.3, -0.25) is 18.9 Å². The summed E-state index contributed by atoms with van der Waals surface area (Å²) in [5.74, 6) is 0.0322. The number of anilines is 2. The van der Waals surface area contributed by atoms with E-state index in [0.29, 0.717) is 46.0 Å². The molecular weight excluding hydrogens is 586 g/mol. The van der Waals surface area contributed by atoms with E-state index in [4.69, 9.17) is 16.6 Å². The topological polar surface area (TPSA) is 110 Å². The van der Waals surface area contributed by atoms with Crippen LogP contribution >= 0.6 is 23.5 Å². The highest BCUT2D eigenvalue weighted by Crippen LogP contribution is 2.32. The summed E-state index contributed by atoms with van der Waals surface area (Å²) in [6.07, 6.45) is 4.62. The Morgan fingerprint density at radius 3 is 2.71 bits per heavy atom. The number of alkyl halides is 2. The molecule has 3 aromatic heterocycles. The molecule has 1 aromatic carbocycles. The lowest BCUT2D eigenvalue weighted by atomic mass is 9.95. The number of carbonyl (C=O) groups is 1. The monoisotopic (exact) mass is 616 g/mol. The molecule has 1 amide bonds. The number of piperidine rings is 1. The fourth-order valence-electron chi connectivity index (χ4n) is 5.41. The quantitative estimate of drug-likeness (QED) is 0.199. The molecule has 222 valence electrons. The lowest BCUT2D eigenvalue weighted by Gasteiger charge is -2.33. The largest absolute Gasteiger partial charge is 0.377 e. The van der Waals surface area contributed by atoms with Crippen molar-refractivity contribution < 1.29 is 13.6 Å². The number of carbonyl (C=O) groups excluding carboxylic acids is 1. The fourth-order valence-corrected chi connectivity index (χ4v) is 5.84. The Hall–Kier alpha value is -3.71. The van der Waals surface area contributed by atoms with Crippen LogP contribution in [0.4, 0.5) is 20.4 Å². The Labute approximate surface area is 250 Å². The summed E-state index contributed by atoms with van der Waals surface area (Å²) in [6.45, 7) is 2.30. The molecule has 1 aliphatic heterocycles. The number of nitrogens with zero attached hydrogens (tertiary/aromatic N) is 6. The van der Waals surface area contributed by atoms with Crippen LogP contribution in [0, 0.1) is 6.92 Å². The maximum atomic E-state index is 13.7. The molecule has 1 fully saturated rings. The van der Waals surface area contributed by atoms with E-state index in [-0.39, 0.29) is 34.3 Å². The molecule has 1 saturated heterocycles. The predicted molar refractivity (Wildman–Crippen MR) is 162 cm³/mol. The van der Waals surface area contributed by atoms with Gasteiger partial charge in [0, 0.05) is 44.1 Å². The second-order valence-electron chi connectivity index (χ2n) is 10.3. The molecule has 2 atom stereocenters. The van der Waals surface area contributed by atoms with Gasteiger partial charge >= 0.3 is 6.55 Å². The Balaban J connectivity index is 1.52. The standard InChI is InChI=1S/C28H31ClF2N8O2S/c1-15-12-18(16(2)32-21-7-8-22(29)33-24(21)25(40)36-42-4)23-19(13-15)26(41)37(3)28(34-23)38-10-5-6-17(14-38)20-9-11-39(35-20)27(30)31/h7-9,11-13,16-17,27,32H,5-6,10,14H2,1-4H3,(H,36,40). The first kappa shape index (κ1) is 29.8. The molecule has 5 rings (SSSR count). The van der Waals surface area contributed by atoms with Crippen LogP contribution in [-0.4, -0.2) is 49.6 Å². The average molecular weight is 617 g/mol. The Morgan fingerprint density at radius 2 is 2.00 bits per heavy atom. The number of aromatic nitrogens is 5. The third kappa shape index (κ3) is 5.93. The second kappa shape index (κ2) is 12.3. The van der Waals surface area contributed by atoms with E-state index in [2.05, 4.69) is 20.1 Å². The van der Waals surface area contributed by atoms with Crippen molar-refractivity contribution in [3.8, 4) is 0 Å². The van der Waals surface area contributed by atoms with Gasteiger partial charge in [-0.05, 0) is 56.5 Å². The van der Waals surface area contributed by atoms with Crippen LogP contribution in [0.15, 0.2) is 41.3 Å². The third-order valence-corrected chi connectivity index (χ3v) is 7.99. The van der Waals surface area contributed by atoms with E-state index >= 15 is 0 Å². The van der Waals surface area contributed by atoms with Crippen molar-refractivity contribution in [1.29, 1.82) is 0 Å². The van der Waals surface area contributed by atoms with E-state index in [1.165, 1.54) is 10.8 Å². The van der Waals surface area contributed by atoms with E-state index in [1.807, 2.05) is 30.9 Å². The SMILES string of the molecule is CSNC(=O)c1nc(Cl)ccc1NC(C)c1cc(C)cc2c(=O)n(C)c(N3CCCC(c4ccn(C(F)F)n4)C3)nc12. The van der Waals surface area contributed by atoms with Gasteiger partial charge in [-0.15, -0.1) is 0 Å². The van der Waals surface area contributed by atoms with Gasteiger partial charge in [-0.1, -0.05) is 29.6 Å². The number of benzene rings is 1. The fraction of sp³-hybridized carbons (Fsp3) is 0.393. The lowest BCUT2D eigenvalue weighted by molar-refractivity contribution is 0.0559. The van der Waals surface area contributed by atoms with E-state index in [0.717, 1.165) is 35.9 Å². The van der Waals surface area contributed by atoms with Crippen molar-refractivity contribution in [1.82, 2.24) is 29.0 Å². The van der Waals surface area contributed by atoms with Crippen LogP contribution in [0.3, 0.4) is 0 Å². The Kier molecular flexibility index (Phi) is 8.69. The highest BCUT2D eigenvalue weighted by atomic mass is 35.5. The number of fused-ring (bicyclic) bond motifs is 1. The molecule has 14 heteroatoms. The molecule has 0 aliphatic carbocycles. The van der Waals surface area contributed by atoms with Gasteiger partial charge in [0.2, 0.25) is 5.95 Å². The molecule has 0 bridgehead atoms. The normalized spacial score (nSPS) is 16.2. The van der Waals surface area contributed by atoms with Gasteiger partial charge in [0.05, 0.1) is 28.3 Å². The minimum absolute atomic E-state index is 0.0762. The minimum atomic E-state index is -2.70. The first-order valence-corrected chi connectivity index (χ1v) is 15.0. The van der Waals surface area contributed by atoms with Crippen LogP contribution in [0.2, 0.25) is 5.15 Å². The number of hydrogen-bond acceptors (Lipinski definition) is 8. The number of halogens is 3. The Bertz CT molecular complexity index is 1690. The number of nitrogens with one attached hydrogen (secondary N) is 2. The van der Waals surface area contributed by atoms with Gasteiger partial charge < -0.3 is 10.2 Å². The van der Waals surface area contributed by atoms with Crippen molar-refractivity contribution in [3.05, 3.63) is 74.6 Å². The maximum absolute atomic E-state index is 13.7. The lowest BCUT2D eigenvalue weighted by Crippen LogP contribution is -2.39. The molecule has 10 nitrogen and oxygen atoms in total. The smallest absolute Gasteiger partial charge is 0.333 e. The molecule has 0 radical (unpaired) electrons. The zero-order valence-electron chi connectivity index (χ0n) is 23.6. The Morgan fingerprint density at radius 1 is 1.21 bits per heavy atom. The van der Waals surface area contributed by atoms with Gasteiger partial charge in [0.1, 0.15) is 5.15 Å². The summed E-state index contributed by atoms with van der Waals surface area (Å²) in [7, 11) is 1.69. The minimum Gasteiger partial charge on any atom is -0.377 e. The van der Waals surface area contributed by atoms with Crippen molar-refractivity contribution in [3.63, 3.8) is 0 Å². The van der Waals surface area contributed by atoms with Crippen molar-refractivity contribution in [2.45, 2.75) is 45.2 Å². The molecule has 4 heterocycles. The summed E-state index contributed by atoms with van der Waals surface area (Å²) in [5, 5.41) is 8.10. The average Bonchev–Trinajstić information content (AvgIpc) is 3.47. The molecule has 0 spiro atoms. The van der Waals surface area contributed by atoms with Gasteiger partial charge in [-0.2, -0.15) is 13.9 Å². The van der Waals surface area contributed by atoms with Crippen LogP contribution in [0.25, 0.3) is 10.9 Å². The summed E-state index contributed by atoms with van der Waals surface area (Å²) < 4.78 is 31.1. The van der Waals surface area contributed by atoms with Crippen LogP contribution in [0.5, 0.6) is 0 Å². The summed E-state index contributed by atoms with van der Waals surface area (Å²) in [5.41, 5.74) is 3.25. The first-order valence-electron chi connectivity index (χ1n) is 13.4. The van der Waals surface area contributed by atoms with E-state index in [9.17, 15) is 18.4 Å². The van der Waals surface area contributed by atoms with E-state index in [1.54, 1.807) is 31.5 Å². The molecule has 2 N–H and O–H groups in total. The van der Waals surface area contributed by atoms with Crippen LogP contribution in [0.1, 0.15) is 65.6 Å². The van der Waals surface area contributed by atoms with Crippen molar-refractivity contribution in [2.24, 2.45) is 7.05 Å².